The van der Waals surface area contributed by atoms with E-state index in [2.05, 4.69) is 15.9 Å². The average molecular weight is 232 g/mol. The van der Waals surface area contributed by atoms with Crippen LogP contribution in [0.4, 0.5) is 0 Å². The van der Waals surface area contributed by atoms with Crippen molar-refractivity contribution >= 4 is 33.1 Å². The van der Waals surface area contributed by atoms with Crippen molar-refractivity contribution in [2.45, 2.75) is 6.92 Å². The molecule has 0 unspecified atom stereocenters. The quantitative estimate of drug-likeness (QED) is 0.683. The smallest absolute Gasteiger partial charge is 0.0406 e. The first-order valence-electron chi connectivity index (χ1n) is 3.27. The summed E-state index contributed by atoms with van der Waals surface area (Å²) in [6.07, 6.45) is 0. The van der Waals surface area contributed by atoms with Crippen molar-refractivity contribution in [1.82, 2.24) is 0 Å². The van der Waals surface area contributed by atoms with Crippen LogP contribution >= 0.6 is 27.5 Å². The molecule has 0 aromatic heterocycles. The lowest BCUT2D eigenvalue weighted by molar-refractivity contribution is 1.58. The van der Waals surface area contributed by atoms with Crippen LogP contribution in [0.5, 0.6) is 0 Å². The highest BCUT2D eigenvalue weighted by atomic mass is 79.9. The average Bonchev–Trinajstić information content (AvgIpc) is 2.05. The van der Waals surface area contributed by atoms with Crippen LogP contribution in [0.25, 0.3) is 5.57 Å². The van der Waals surface area contributed by atoms with Gasteiger partial charge in [-0.2, -0.15) is 0 Å². The van der Waals surface area contributed by atoms with Crippen molar-refractivity contribution in [3.63, 3.8) is 0 Å². The van der Waals surface area contributed by atoms with Crippen LogP contribution in [0.2, 0.25) is 5.02 Å². The molecule has 1 rings (SSSR count). The summed E-state index contributed by atoms with van der Waals surface area (Å²) >= 11 is 9.00. The first kappa shape index (κ1) is 8.82. The Hall–Kier alpha value is -0.270. The zero-order chi connectivity index (χ0) is 8.27. The third-order valence-corrected chi connectivity index (χ3v) is 2.40. The highest BCUT2D eigenvalue weighted by molar-refractivity contribution is 9.11. The molecular weight excluding hydrogens is 223 g/mol. The Morgan fingerprint density at radius 2 is 1.91 bits per heavy atom. The van der Waals surface area contributed by atoms with Gasteiger partial charge in [-0.15, -0.1) is 0 Å². The van der Waals surface area contributed by atoms with E-state index >= 15 is 0 Å². The van der Waals surface area contributed by atoms with E-state index in [9.17, 15) is 0 Å². The van der Waals surface area contributed by atoms with Crippen LogP contribution in [-0.2, 0) is 0 Å². The van der Waals surface area contributed by atoms with Crippen molar-refractivity contribution in [3.8, 4) is 0 Å². The molecular formula is C9H8BrCl. The fourth-order valence-electron chi connectivity index (χ4n) is 0.776. The maximum absolute atomic E-state index is 5.73. The highest BCUT2D eigenvalue weighted by Gasteiger charge is 1.92. The molecule has 0 aliphatic rings. The summed E-state index contributed by atoms with van der Waals surface area (Å²) in [4.78, 5) is 1.90. The zero-order valence-electron chi connectivity index (χ0n) is 6.14. The van der Waals surface area contributed by atoms with Crippen molar-refractivity contribution in [2.75, 3.05) is 0 Å². The summed E-state index contributed by atoms with van der Waals surface area (Å²) in [7, 11) is 0. The monoisotopic (exact) mass is 230 g/mol. The minimum Gasteiger partial charge on any atom is -0.0843 e. The number of halogens is 2. The second-order valence-electron chi connectivity index (χ2n) is 2.30. The largest absolute Gasteiger partial charge is 0.0843 e. The van der Waals surface area contributed by atoms with Crippen LogP contribution in [0.3, 0.4) is 0 Å². The predicted molar refractivity (Wildman–Crippen MR) is 54.0 cm³/mol. The molecule has 2 heteroatoms. The molecule has 0 N–H and O–H groups in total. The standard InChI is InChI=1S/C9H8BrCl/c1-7(6-10)8-2-4-9(11)5-3-8/h2-6H,1H3/b7-6-. The van der Waals surface area contributed by atoms with E-state index in [0.717, 1.165) is 5.02 Å². The fourth-order valence-corrected chi connectivity index (χ4v) is 1.17. The van der Waals surface area contributed by atoms with Crippen molar-refractivity contribution in [1.29, 1.82) is 0 Å². The Balaban J connectivity index is 2.99. The first-order valence-corrected chi connectivity index (χ1v) is 4.56. The van der Waals surface area contributed by atoms with Crippen LogP contribution in [0, 0.1) is 0 Å². The summed E-state index contributed by atoms with van der Waals surface area (Å²) < 4.78 is 0. The van der Waals surface area contributed by atoms with Crippen LogP contribution in [-0.4, -0.2) is 0 Å². The minimum absolute atomic E-state index is 0.774. The molecule has 0 nitrogen and oxygen atoms in total. The highest BCUT2D eigenvalue weighted by Crippen LogP contribution is 2.17. The third-order valence-electron chi connectivity index (χ3n) is 1.46. The molecule has 0 bridgehead atoms. The molecule has 1 aromatic carbocycles. The van der Waals surface area contributed by atoms with Gasteiger partial charge in [-0.25, -0.2) is 0 Å². The van der Waals surface area contributed by atoms with Gasteiger partial charge in [-0.1, -0.05) is 39.7 Å². The van der Waals surface area contributed by atoms with Crippen molar-refractivity contribution < 1.29 is 0 Å². The van der Waals surface area contributed by atoms with Gasteiger partial charge in [0.25, 0.3) is 0 Å². The van der Waals surface area contributed by atoms with Gasteiger partial charge in [-0.3, -0.25) is 0 Å². The van der Waals surface area contributed by atoms with E-state index in [1.165, 1.54) is 11.1 Å². The predicted octanol–water partition coefficient (Wildman–Crippen LogP) is 4.10. The molecule has 0 saturated carbocycles. The first-order chi connectivity index (χ1) is 5.24. The molecule has 0 atom stereocenters. The van der Waals surface area contributed by atoms with Crippen molar-refractivity contribution in [2.24, 2.45) is 0 Å². The molecule has 11 heavy (non-hydrogen) atoms. The molecule has 0 spiro atoms. The summed E-state index contributed by atoms with van der Waals surface area (Å²) in [6, 6.07) is 7.76. The number of rotatable bonds is 1. The Labute approximate surface area is 80.0 Å². The van der Waals surface area contributed by atoms with Gasteiger partial charge in [0, 0.05) is 5.02 Å². The normalized spacial score (nSPS) is 11.7. The summed E-state index contributed by atoms with van der Waals surface area (Å²) in [5.74, 6) is 0. The molecule has 1 aromatic rings. The fraction of sp³-hybridized carbons (Fsp3) is 0.111. The summed E-state index contributed by atoms with van der Waals surface area (Å²) in [6.45, 7) is 2.04. The van der Waals surface area contributed by atoms with Gasteiger partial charge in [0.15, 0.2) is 0 Å². The number of hydrogen-bond donors (Lipinski definition) is 0. The Bertz CT molecular complexity index is 261. The molecule has 58 valence electrons. The number of allylic oxidation sites excluding steroid dienone is 1. The van der Waals surface area contributed by atoms with E-state index in [0.29, 0.717) is 0 Å². The lowest BCUT2D eigenvalue weighted by Crippen LogP contribution is -1.75. The SMILES string of the molecule is C/C(=C/Br)c1ccc(Cl)cc1. The molecule has 0 saturated heterocycles. The maximum Gasteiger partial charge on any atom is 0.0406 e. The molecule has 0 heterocycles. The topological polar surface area (TPSA) is 0 Å². The van der Waals surface area contributed by atoms with E-state index in [-0.39, 0.29) is 0 Å². The van der Waals surface area contributed by atoms with Crippen LogP contribution in [0.15, 0.2) is 29.3 Å². The molecule has 0 aliphatic carbocycles. The van der Waals surface area contributed by atoms with E-state index in [1.54, 1.807) is 0 Å². The van der Waals surface area contributed by atoms with Gasteiger partial charge in [0.05, 0.1) is 0 Å². The van der Waals surface area contributed by atoms with Gasteiger partial charge < -0.3 is 0 Å². The van der Waals surface area contributed by atoms with Crippen molar-refractivity contribution in [3.05, 3.63) is 39.8 Å². The molecule has 0 amide bonds. The maximum atomic E-state index is 5.73. The Morgan fingerprint density at radius 1 is 1.36 bits per heavy atom. The molecule has 0 aliphatic heterocycles. The lowest BCUT2D eigenvalue weighted by Gasteiger charge is -1.98. The number of hydrogen-bond acceptors (Lipinski definition) is 0. The Kier molecular flexibility index (Phi) is 3.16. The Morgan fingerprint density at radius 3 is 2.36 bits per heavy atom. The van der Waals surface area contributed by atoms with Crippen LogP contribution in [0.1, 0.15) is 12.5 Å². The molecule has 0 fully saturated rings. The van der Waals surface area contributed by atoms with E-state index in [4.69, 9.17) is 11.6 Å². The minimum atomic E-state index is 0.774. The summed E-state index contributed by atoms with van der Waals surface area (Å²) in [5.41, 5.74) is 2.38. The van der Waals surface area contributed by atoms with Gasteiger partial charge in [-0.05, 0) is 35.2 Å². The molecule has 0 radical (unpaired) electrons. The van der Waals surface area contributed by atoms with Gasteiger partial charge >= 0.3 is 0 Å². The van der Waals surface area contributed by atoms with Crippen LogP contribution < -0.4 is 0 Å². The lowest BCUT2D eigenvalue weighted by atomic mass is 10.1. The zero-order valence-corrected chi connectivity index (χ0v) is 8.48. The summed E-state index contributed by atoms with van der Waals surface area (Å²) in [5, 5.41) is 0.774. The number of benzene rings is 1. The van der Waals surface area contributed by atoms with Gasteiger partial charge in [0.2, 0.25) is 0 Å². The third kappa shape index (κ3) is 2.35. The van der Waals surface area contributed by atoms with Gasteiger partial charge in [0.1, 0.15) is 0 Å². The van der Waals surface area contributed by atoms with E-state index in [1.807, 2.05) is 36.2 Å². The second kappa shape index (κ2) is 3.93. The second-order valence-corrected chi connectivity index (χ2v) is 3.19. The van der Waals surface area contributed by atoms with E-state index < -0.39 is 0 Å².